The van der Waals surface area contributed by atoms with Gasteiger partial charge in [0.2, 0.25) is 5.91 Å². The number of para-hydroxylation sites is 1. The Morgan fingerprint density at radius 2 is 1.81 bits per heavy atom. The van der Waals surface area contributed by atoms with Crippen LogP contribution >= 0.6 is 0 Å². The van der Waals surface area contributed by atoms with E-state index in [4.69, 9.17) is 0 Å². The van der Waals surface area contributed by atoms with E-state index < -0.39 is 6.36 Å². The largest absolute Gasteiger partial charge is 0.573 e. The van der Waals surface area contributed by atoms with Crippen LogP contribution in [0.5, 0.6) is 11.5 Å². The molecule has 0 aliphatic carbocycles. The van der Waals surface area contributed by atoms with E-state index in [0.29, 0.717) is 24.3 Å². The van der Waals surface area contributed by atoms with Crippen LogP contribution in [0.4, 0.5) is 18.9 Å². The molecular formula is C19H21F3N2O3. The van der Waals surface area contributed by atoms with Gasteiger partial charge in [-0.15, -0.1) is 13.2 Å². The van der Waals surface area contributed by atoms with Gasteiger partial charge in [0, 0.05) is 17.8 Å². The van der Waals surface area contributed by atoms with Gasteiger partial charge < -0.3 is 15.2 Å². The normalized spacial score (nSPS) is 11.4. The molecule has 0 atom stereocenters. The summed E-state index contributed by atoms with van der Waals surface area (Å²) in [5.74, 6) is -0.490. The minimum Gasteiger partial charge on any atom is -0.508 e. The van der Waals surface area contributed by atoms with Crippen LogP contribution in [-0.2, 0) is 11.3 Å². The first kappa shape index (κ1) is 20.6. The highest BCUT2D eigenvalue weighted by molar-refractivity contribution is 5.92. The molecule has 2 aromatic rings. The molecule has 8 heteroatoms. The van der Waals surface area contributed by atoms with Crippen LogP contribution in [0.25, 0.3) is 0 Å². The highest BCUT2D eigenvalue weighted by atomic mass is 19.4. The lowest BCUT2D eigenvalue weighted by molar-refractivity contribution is -0.274. The van der Waals surface area contributed by atoms with Crippen LogP contribution in [0.2, 0.25) is 0 Å². The van der Waals surface area contributed by atoms with Crippen LogP contribution < -0.4 is 10.1 Å². The Morgan fingerprint density at radius 1 is 1.15 bits per heavy atom. The lowest BCUT2D eigenvalue weighted by Gasteiger charge is -2.21. The van der Waals surface area contributed by atoms with Gasteiger partial charge in [-0.1, -0.05) is 25.1 Å². The lowest BCUT2D eigenvalue weighted by atomic mass is 10.2. The zero-order valence-electron chi connectivity index (χ0n) is 14.8. The number of phenols is 1. The first-order valence-corrected chi connectivity index (χ1v) is 8.41. The van der Waals surface area contributed by atoms with Crippen molar-refractivity contribution < 1.29 is 27.8 Å². The van der Waals surface area contributed by atoms with Gasteiger partial charge in [0.05, 0.1) is 6.54 Å². The number of ether oxygens (including phenoxy) is 1. The summed E-state index contributed by atoms with van der Waals surface area (Å²) >= 11 is 0. The van der Waals surface area contributed by atoms with Crippen molar-refractivity contribution in [2.75, 3.05) is 18.4 Å². The summed E-state index contributed by atoms with van der Waals surface area (Å²) < 4.78 is 40.3. The number of amides is 1. The number of hydrogen-bond donors (Lipinski definition) is 2. The summed E-state index contributed by atoms with van der Waals surface area (Å²) in [6, 6.07) is 11.9. The zero-order valence-corrected chi connectivity index (χ0v) is 14.8. The third-order valence-electron chi connectivity index (χ3n) is 3.66. The number of rotatable bonds is 8. The maximum atomic E-state index is 12.3. The number of nitrogens with one attached hydrogen (secondary N) is 1. The molecule has 27 heavy (non-hydrogen) atoms. The molecule has 0 fully saturated rings. The number of carbonyl (C=O) groups excluding carboxylic acids is 1. The molecule has 1 amide bonds. The standard InChI is InChI=1S/C19H21F3N2O3/c1-2-11-24(12-14-5-3-4-6-17(14)25)13-18(26)23-15-7-9-16(10-8-15)27-19(20,21)22/h3-10,25H,2,11-13H2,1H3,(H,23,26). The number of benzene rings is 2. The number of halogens is 3. The molecule has 0 saturated heterocycles. The third-order valence-corrected chi connectivity index (χ3v) is 3.66. The van der Waals surface area contributed by atoms with Gasteiger partial charge in [-0.2, -0.15) is 0 Å². The third kappa shape index (κ3) is 7.18. The van der Waals surface area contributed by atoms with Crippen molar-refractivity contribution in [3.8, 4) is 11.5 Å². The Labute approximate surface area is 155 Å². The molecule has 2 N–H and O–H groups in total. The van der Waals surface area contributed by atoms with Gasteiger partial charge >= 0.3 is 6.36 Å². The minimum absolute atomic E-state index is 0.0863. The summed E-state index contributed by atoms with van der Waals surface area (Å²) in [6.07, 6.45) is -3.93. The maximum Gasteiger partial charge on any atom is 0.573 e. The van der Waals surface area contributed by atoms with Crippen LogP contribution in [0, 0.1) is 0 Å². The Balaban J connectivity index is 1.94. The molecule has 2 aromatic carbocycles. The minimum atomic E-state index is -4.76. The first-order chi connectivity index (χ1) is 12.8. The van der Waals surface area contributed by atoms with Gasteiger partial charge in [0.15, 0.2) is 0 Å². The SMILES string of the molecule is CCCN(CC(=O)Nc1ccc(OC(F)(F)F)cc1)Cc1ccccc1O. The van der Waals surface area contributed by atoms with Gasteiger partial charge in [0.1, 0.15) is 11.5 Å². The zero-order chi connectivity index (χ0) is 19.9. The predicted octanol–water partition coefficient (Wildman–Crippen LogP) is 4.14. The molecule has 0 radical (unpaired) electrons. The van der Waals surface area contributed by atoms with Crippen LogP contribution in [0.3, 0.4) is 0 Å². The summed E-state index contributed by atoms with van der Waals surface area (Å²) in [6.45, 7) is 3.13. The summed E-state index contributed by atoms with van der Waals surface area (Å²) in [5.41, 5.74) is 1.08. The molecular weight excluding hydrogens is 361 g/mol. The smallest absolute Gasteiger partial charge is 0.508 e. The number of phenolic OH excluding ortho intramolecular Hbond substituents is 1. The number of alkyl halides is 3. The predicted molar refractivity (Wildman–Crippen MR) is 95.4 cm³/mol. The average molecular weight is 382 g/mol. The molecule has 0 bridgehead atoms. The Kier molecular flexibility index (Phi) is 7.06. The maximum absolute atomic E-state index is 12.3. The number of nitrogens with zero attached hydrogens (tertiary/aromatic N) is 1. The van der Waals surface area contributed by atoms with Crippen LogP contribution in [0.1, 0.15) is 18.9 Å². The summed E-state index contributed by atoms with van der Waals surface area (Å²) in [4.78, 5) is 14.1. The van der Waals surface area contributed by atoms with E-state index >= 15 is 0 Å². The number of anilines is 1. The highest BCUT2D eigenvalue weighted by Crippen LogP contribution is 2.24. The molecule has 0 aliphatic heterocycles. The van der Waals surface area contributed by atoms with E-state index in [9.17, 15) is 23.1 Å². The second-order valence-corrected chi connectivity index (χ2v) is 5.96. The van der Waals surface area contributed by atoms with E-state index in [1.165, 1.54) is 12.1 Å². The van der Waals surface area contributed by atoms with Crippen molar-refractivity contribution in [2.24, 2.45) is 0 Å². The molecule has 2 rings (SSSR count). The van der Waals surface area contributed by atoms with Crippen molar-refractivity contribution in [2.45, 2.75) is 26.3 Å². The van der Waals surface area contributed by atoms with Gasteiger partial charge in [-0.05, 0) is 43.3 Å². The topological polar surface area (TPSA) is 61.8 Å². The molecule has 5 nitrogen and oxygen atoms in total. The fraction of sp³-hybridized carbons (Fsp3) is 0.316. The van der Waals surface area contributed by atoms with Crippen molar-refractivity contribution in [3.63, 3.8) is 0 Å². The molecule has 0 unspecified atom stereocenters. The van der Waals surface area contributed by atoms with Crippen molar-refractivity contribution in [1.29, 1.82) is 0 Å². The fourth-order valence-electron chi connectivity index (χ4n) is 2.56. The van der Waals surface area contributed by atoms with Crippen molar-refractivity contribution >= 4 is 11.6 Å². The van der Waals surface area contributed by atoms with Crippen molar-refractivity contribution in [3.05, 3.63) is 54.1 Å². The fourth-order valence-corrected chi connectivity index (χ4v) is 2.56. The Hall–Kier alpha value is -2.74. The van der Waals surface area contributed by atoms with E-state index in [1.54, 1.807) is 18.2 Å². The van der Waals surface area contributed by atoms with E-state index in [0.717, 1.165) is 18.6 Å². The van der Waals surface area contributed by atoms with Gasteiger partial charge in [-0.3, -0.25) is 9.69 Å². The van der Waals surface area contributed by atoms with E-state index in [1.807, 2.05) is 17.9 Å². The van der Waals surface area contributed by atoms with E-state index in [-0.39, 0.29) is 24.0 Å². The average Bonchev–Trinajstić information content (AvgIpc) is 2.57. The van der Waals surface area contributed by atoms with Crippen LogP contribution in [-0.4, -0.2) is 35.4 Å². The van der Waals surface area contributed by atoms with Gasteiger partial charge in [-0.25, -0.2) is 0 Å². The Morgan fingerprint density at radius 3 is 2.41 bits per heavy atom. The molecule has 146 valence electrons. The van der Waals surface area contributed by atoms with Gasteiger partial charge in [0.25, 0.3) is 0 Å². The van der Waals surface area contributed by atoms with E-state index in [2.05, 4.69) is 10.1 Å². The summed E-state index contributed by atoms with van der Waals surface area (Å²) in [7, 11) is 0. The monoisotopic (exact) mass is 382 g/mol. The molecule has 0 heterocycles. The Bertz CT molecular complexity index is 749. The highest BCUT2D eigenvalue weighted by Gasteiger charge is 2.30. The lowest BCUT2D eigenvalue weighted by Crippen LogP contribution is -2.33. The molecule has 0 aliphatic rings. The summed E-state index contributed by atoms with van der Waals surface area (Å²) in [5, 5.41) is 12.5. The number of carbonyl (C=O) groups is 1. The first-order valence-electron chi connectivity index (χ1n) is 8.41. The molecule has 0 aromatic heterocycles. The number of hydrogen-bond acceptors (Lipinski definition) is 4. The second-order valence-electron chi connectivity index (χ2n) is 5.96. The van der Waals surface area contributed by atoms with Crippen molar-refractivity contribution in [1.82, 2.24) is 4.90 Å². The number of aromatic hydroxyl groups is 1. The quantitative estimate of drug-likeness (QED) is 0.720. The molecule has 0 spiro atoms. The van der Waals surface area contributed by atoms with Crippen LogP contribution in [0.15, 0.2) is 48.5 Å². The molecule has 0 saturated carbocycles. The second kappa shape index (κ2) is 9.27.